The maximum Gasteiger partial charge on any atom is 0.417 e. The molecule has 18 nitrogen and oxygen atoms in total. The lowest BCUT2D eigenvalue weighted by Crippen LogP contribution is -2.58. The molecule has 3 atom stereocenters. The van der Waals surface area contributed by atoms with Gasteiger partial charge in [-0.15, -0.1) is 11.3 Å². The van der Waals surface area contributed by atoms with Crippen molar-refractivity contribution >= 4 is 63.7 Å². The molecule has 4 amide bonds. The van der Waals surface area contributed by atoms with E-state index in [0.717, 1.165) is 64.4 Å². The van der Waals surface area contributed by atoms with Crippen LogP contribution in [0, 0.1) is 23.7 Å². The first-order valence-electron chi connectivity index (χ1n) is 26.6. The molecule has 2 aliphatic rings. The number of aliphatic hydroxyl groups is 1. The number of hydrogen-bond acceptors (Lipinski definition) is 15. The lowest BCUT2D eigenvalue weighted by atomic mass is 9.85. The fourth-order valence-corrected chi connectivity index (χ4v) is 10.3. The average molecular weight is 1150 g/mol. The van der Waals surface area contributed by atoms with E-state index in [2.05, 4.69) is 15.6 Å². The van der Waals surface area contributed by atoms with Gasteiger partial charge in [-0.2, -0.15) is 18.4 Å². The molecule has 1 unspecified atom stereocenters. The van der Waals surface area contributed by atoms with Crippen molar-refractivity contribution in [1.82, 2.24) is 20.5 Å². The minimum Gasteiger partial charge on any atom is -0.491 e. The van der Waals surface area contributed by atoms with Crippen molar-refractivity contribution in [3.05, 3.63) is 94.6 Å². The molecule has 2 fully saturated rings. The Morgan fingerprint density at radius 2 is 1.43 bits per heavy atom. The number of alkyl halides is 3. The Morgan fingerprint density at radius 3 is 2.00 bits per heavy atom. The molecule has 0 aliphatic carbocycles. The van der Waals surface area contributed by atoms with Crippen LogP contribution in [0.4, 0.5) is 24.5 Å². The summed E-state index contributed by atoms with van der Waals surface area (Å²) in [5.41, 5.74) is 1.52. The van der Waals surface area contributed by atoms with E-state index < -0.39 is 64.2 Å². The van der Waals surface area contributed by atoms with Crippen LogP contribution in [0.25, 0.3) is 10.4 Å². The molecular weight excluding hydrogens is 1080 g/mol. The zero-order valence-electron chi connectivity index (χ0n) is 46.1. The van der Waals surface area contributed by atoms with Crippen molar-refractivity contribution in [1.29, 1.82) is 5.26 Å². The normalized spacial score (nSPS) is 16.7. The third-order valence-electron chi connectivity index (χ3n) is 13.3. The molecule has 434 valence electrons. The molecule has 1 aromatic heterocycles. The van der Waals surface area contributed by atoms with Gasteiger partial charge in [0.2, 0.25) is 17.7 Å². The van der Waals surface area contributed by atoms with Gasteiger partial charge in [-0.3, -0.25) is 24.1 Å². The summed E-state index contributed by atoms with van der Waals surface area (Å²) in [4.78, 5) is 63.2. The Hall–Kier alpha value is -6.10. The van der Waals surface area contributed by atoms with Gasteiger partial charge in [0, 0.05) is 51.6 Å². The number of nitriles is 1. The second kappa shape index (κ2) is 29.6. The number of rotatable bonds is 30. The lowest BCUT2D eigenvalue weighted by Gasteiger charge is -2.35. The van der Waals surface area contributed by atoms with Crippen LogP contribution < -0.4 is 25.2 Å². The standard InChI is InChI=1S/C57H72F3N7O11S2/c1-38-49(80-37-63-38)40-13-11-39(12-14-40)34-62-51(70)47-32-44(68)35-65(47)52(71)50(55(2,3)4)64-48(69)36-77-28-27-75-24-10-8-22-73-21-7-9-23-74-25-26-76-29-30-78-45-19-17-42(18-20-45)67-54(79)66(53(72)56(67,5)6)43-16-15-41(33-61)46(31-43)57(58,59)60/h11-20,31,37,44,47,50,68H,7-10,21-30,32,34-36H2,1-6H3,(H,62,70)(H,64,69)/t44-,47+,50?/m1/s1. The number of hydrogen-bond donors (Lipinski definition) is 3. The number of benzene rings is 3. The van der Waals surface area contributed by atoms with Gasteiger partial charge in [0.25, 0.3) is 5.91 Å². The molecule has 6 rings (SSSR count). The Labute approximate surface area is 474 Å². The number of aryl methyl sites for hydroxylation is 1. The molecule has 80 heavy (non-hydrogen) atoms. The predicted molar refractivity (Wildman–Crippen MR) is 299 cm³/mol. The second-order valence-corrected chi connectivity index (χ2v) is 22.1. The highest BCUT2D eigenvalue weighted by Crippen LogP contribution is 2.40. The maximum atomic E-state index is 13.9. The predicted octanol–water partition coefficient (Wildman–Crippen LogP) is 7.76. The van der Waals surface area contributed by atoms with Gasteiger partial charge < -0.3 is 54.0 Å². The van der Waals surface area contributed by atoms with E-state index in [4.69, 9.17) is 40.6 Å². The first-order valence-corrected chi connectivity index (χ1v) is 27.9. The number of ether oxygens (including phenoxy) is 6. The molecule has 0 saturated carbocycles. The number of nitrogens with one attached hydrogen (secondary N) is 2. The highest BCUT2D eigenvalue weighted by atomic mass is 32.1. The Morgan fingerprint density at radius 1 is 0.850 bits per heavy atom. The molecule has 2 aliphatic heterocycles. The summed E-state index contributed by atoms with van der Waals surface area (Å²) in [5.74, 6) is -1.28. The highest BCUT2D eigenvalue weighted by molar-refractivity contribution is 7.81. The number of aliphatic hydroxyl groups excluding tert-OH is 1. The fourth-order valence-electron chi connectivity index (χ4n) is 8.98. The van der Waals surface area contributed by atoms with E-state index in [0.29, 0.717) is 57.7 Å². The van der Waals surface area contributed by atoms with Crippen molar-refractivity contribution in [3.63, 3.8) is 0 Å². The monoisotopic (exact) mass is 1150 g/mol. The summed E-state index contributed by atoms with van der Waals surface area (Å²) in [5, 5.41) is 25.4. The molecule has 0 bridgehead atoms. The average Bonchev–Trinajstić information content (AvgIpc) is 4.14. The van der Waals surface area contributed by atoms with E-state index in [-0.39, 0.29) is 62.6 Å². The largest absolute Gasteiger partial charge is 0.491 e. The summed E-state index contributed by atoms with van der Waals surface area (Å²) < 4.78 is 75.1. The van der Waals surface area contributed by atoms with E-state index in [9.17, 15) is 42.7 Å². The molecule has 3 heterocycles. The van der Waals surface area contributed by atoms with Crippen LogP contribution in [0.1, 0.15) is 89.1 Å². The zero-order valence-corrected chi connectivity index (χ0v) is 47.7. The molecule has 3 N–H and O–H groups in total. The van der Waals surface area contributed by atoms with Crippen molar-refractivity contribution in [3.8, 4) is 22.3 Å². The molecule has 4 aromatic rings. The van der Waals surface area contributed by atoms with E-state index in [1.807, 2.05) is 52.0 Å². The minimum absolute atomic E-state index is 0.00163. The van der Waals surface area contributed by atoms with Crippen LogP contribution in [0.3, 0.4) is 0 Å². The number of halogens is 3. The third-order valence-corrected chi connectivity index (χ3v) is 14.6. The number of amides is 4. The minimum atomic E-state index is -4.80. The summed E-state index contributed by atoms with van der Waals surface area (Å²) in [6.07, 6.45) is -2.29. The van der Waals surface area contributed by atoms with Crippen molar-refractivity contribution in [2.24, 2.45) is 5.41 Å². The maximum absolute atomic E-state index is 13.9. The Kier molecular flexibility index (Phi) is 23.3. The summed E-state index contributed by atoms with van der Waals surface area (Å²) in [6, 6.07) is 17.4. The Balaban J connectivity index is 0.744. The number of likely N-dealkylation sites (tertiary alicyclic amines) is 1. The van der Waals surface area contributed by atoms with Gasteiger partial charge in [-0.25, -0.2) is 4.98 Å². The number of nitrogens with zero attached hydrogens (tertiary/aromatic N) is 5. The number of anilines is 2. The van der Waals surface area contributed by atoms with E-state index >= 15 is 0 Å². The van der Waals surface area contributed by atoms with Crippen molar-refractivity contribution in [2.75, 3.05) is 89.0 Å². The van der Waals surface area contributed by atoms with Gasteiger partial charge in [-0.05, 0) is 118 Å². The molecule has 0 radical (unpaired) electrons. The molecule has 0 spiro atoms. The van der Waals surface area contributed by atoms with Gasteiger partial charge in [0.1, 0.15) is 36.6 Å². The fraction of sp³-hybridized carbons (Fsp3) is 0.526. The van der Waals surface area contributed by atoms with Gasteiger partial charge in [-0.1, -0.05) is 45.0 Å². The van der Waals surface area contributed by atoms with Crippen LogP contribution >= 0.6 is 23.6 Å². The number of thiocarbonyl (C=S) groups is 1. The summed E-state index contributed by atoms with van der Waals surface area (Å²) in [7, 11) is 0. The topological polar surface area (TPSA) is 214 Å². The van der Waals surface area contributed by atoms with Crippen LogP contribution in [-0.4, -0.2) is 147 Å². The van der Waals surface area contributed by atoms with Crippen LogP contribution in [0.2, 0.25) is 0 Å². The number of thiazole rings is 1. The molecule has 23 heteroatoms. The van der Waals surface area contributed by atoms with Gasteiger partial charge >= 0.3 is 6.18 Å². The lowest BCUT2D eigenvalue weighted by molar-refractivity contribution is -0.144. The zero-order chi connectivity index (χ0) is 58.0. The third kappa shape index (κ3) is 17.5. The smallest absolute Gasteiger partial charge is 0.417 e. The van der Waals surface area contributed by atoms with E-state index in [1.54, 1.807) is 65.9 Å². The number of carbonyl (C=O) groups is 4. The van der Waals surface area contributed by atoms with Crippen LogP contribution in [0.5, 0.6) is 5.75 Å². The number of unbranched alkanes of at least 4 members (excludes halogenated alkanes) is 2. The quantitative estimate of drug-likeness (QED) is 0.0336. The first-order chi connectivity index (χ1) is 38.1. The number of aromatic nitrogens is 1. The molecule has 3 aromatic carbocycles. The van der Waals surface area contributed by atoms with Crippen LogP contribution in [0.15, 0.2) is 72.2 Å². The van der Waals surface area contributed by atoms with Crippen LogP contribution in [-0.2, 0) is 55.6 Å². The number of β-amino-alcohol motifs (C(OH)–C–C–N with tert-alkyl or cyclic N) is 1. The summed E-state index contributed by atoms with van der Waals surface area (Å²) in [6.45, 7) is 14.8. The number of carbonyl (C=O) groups excluding carboxylic acids is 4. The molecular formula is C57H72F3N7O11S2. The van der Waals surface area contributed by atoms with Crippen molar-refractivity contribution in [2.45, 2.75) is 110 Å². The summed E-state index contributed by atoms with van der Waals surface area (Å²) >= 11 is 7.18. The highest BCUT2D eigenvalue weighted by Gasteiger charge is 2.51. The Bertz CT molecular complexity index is 2750. The SMILES string of the molecule is Cc1ncsc1-c1ccc(CNC(=O)[C@@H]2C[C@@H](O)CN2C(=O)C(NC(=O)COCCOCCCCOCCCCOCCOCCOc2ccc(N3C(=S)N(c4ccc(C#N)c(C(F)(F)F)c4)C(=O)C3(C)C)cc2)C(C)(C)C)cc1. The second-order valence-electron chi connectivity index (χ2n) is 20.9. The van der Waals surface area contributed by atoms with Gasteiger partial charge in [0.15, 0.2) is 5.11 Å². The van der Waals surface area contributed by atoms with E-state index in [1.165, 1.54) is 11.0 Å². The molecule has 2 saturated heterocycles. The van der Waals surface area contributed by atoms with Gasteiger partial charge in [0.05, 0.1) is 78.1 Å². The van der Waals surface area contributed by atoms with Crippen molar-refractivity contribution < 1.29 is 65.9 Å². The first kappa shape index (κ1) is 63.1.